The van der Waals surface area contributed by atoms with Crippen LogP contribution >= 0.6 is 0 Å². The summed E-state index contributed by atoms with van der Waals surface area (Å²) in [6.07, 6.45) is 4.56. The maximum atomic E-state index is 11.7. The second-order valence-electron chi connectivity index (χ2n) is 6.94. The van der Waals surface area contributed by atoms with Crippen molar-refractivity contribution in [1.29, 1.82) is 0 Å². The van der Waals surface area contributed by atoms with E-state index in [1.54, 1.807) is 6.08 Å². The van der Waals surface area contributed by atoms with Gasteiger partial charge in [-0.05, 0) is 30.5 Å². The number of hydrogen-bond donors (Lipinski definition) is 3. The lowest BCUT2D eigenvalue weighted by molar-refractivity contribution is -0.124. The lowest BCUT2D eigenvalue weighted by atomic mass is 9.79. The number of carbonyl (C=O) groups is 2. The molecule has 1 fully saturated rings. The van der Waals surface area contributed by atoms with Gasteiger partial charge in [0.15, 0.2) is 5.78 Å². The molecule has 0 saturated carbocycles. The topological polar surface area (TPSA) is 70.2 Å². The van der Waals surface area contributed by atoms with E-state index in [9.17, 15) is 9.59 Å². The second kappa shape index (κ2) is 6.16. The van der Waals surface area contributed by atoms with Crippen LogP contribution < -0.4 is 16.2 Å². The molecule has 122 valence electrons. The minimum Gasteiger partial charge on any atom is -0.358 e. The molecule has 1 amide bonds. The van der Waals surface area contributed by atoms with Crippen LogP contribution in [0.1, 0.15) is 51.1 Å². The van der Waals surface area contributed by atoms with Gasteiger partial charge in [0.05, 0.1) is 6.04 Å². The van der Waals surface area contributed by atoms with Gasteiger partial charge in [-0.25, -0.2) is 5.43 Å². The van der Waals surface area contributed by atoms with Crippen LogP contribution in [0.4, 0.5) is 5.69 Å². The Morgan fingerprint density at radius 1 is 1.13 bits per heavy atom. The lowest BCUT2D eigenvalue weighted by Gasteiger charge is -2.32. The van der Waals surface area contributed by atoms with E-state index in [4.69, 9.17) is 0 Å². The minimum atomic E-state index is -0.0121. The van der Waals surface area contributed by atoms with Crippen molar-refractivity contribution in [2.75, 3.05) is 5.32 Å². The van der Waals surface area contributed by atoms with Crippen molar-refractivity contribution in [3.63, 3.8) is 0 Å². The van der Waals surface area contributed by atoms with Crippen molar-refractivity contribution in [1.82, 2.24) is 10.9 Å². The van der Waals surface area contributed by atoms with Gasteiger partial charge in [0.1, 0.15) is 0 Å². The van der Waals surface area contributed by atoms with Gasteiger partial charge in [-0.3, -0.25) is 15.0 Å². The van der Waals surface area contributed by atoms with Crippen molar-refractivity contribution in [2.24, 2.45) is 5.41 Å². The molecular formula is C18H23N3O2. The summed E-state index contributed by atoms with van der Waals surface area (Å²) in [5, 5.41) is 3.39. The molecule has 1 atom stereocenters. The molecule has 3 rings (SSSR count). The smallest absolute Gasteiger partial charge is 0.234 e. The molecule has 5 nitrogen and oxygen atoms in total. The van der Waals surface area contributed by atoms with Crippen LogP contribution in [-0.4, -0.2) is 11.7 Å². The van der Waals surface area contributed by atoms with E-state index in [-0.39, 0.29) is 23.1 Å². The van der Waals surface area contributed by atoms with Crippen molar-refractivity contribution in [3.05, 3.63) is 41.6 Å². The molecule has 23 heavy (non-hydrogen) atoms. The molecule has 1 heterocycles. The van der Waals surface area contributed by atoms with Crippen LogP contribution in [0, 0.1) is 5.41 Å². The van der Waals surface area contributed by atoms with Crippen molar-refractivity contribution in [2.45, 2.75) is 45.6 Å². The highest BCUT2D eigenvalue weighted by atomic mass is 16.2. The molecule has 1 aliphatic heterocycles. The summed E-state index contributed by atoms with van der Waals surface area (Å²) in [6.45, 7) is 4.31. The normalized spacial score (nSPS) is 23.9. The molecule has 1 saturated heterocycles. The fourth-order valence-electron chi connectivity index (χ4n) is 2.99. The van der Waals surface area contributed by atoms with Gasteiger partial charge >= 0.3 is 0 Å². The number of hydrogen-bond acceptors (Lipinski definition) is 4. The molecule has 1 unspecified atom stereocenters. The maximum Gasteiger partial charge on any atom is 0.234 e. The van der Waals surface area contributed by atoms with E-state index >= 15 is 0 Å². The molecule has 0 spiro atoms. The summed E-state index contributed by atoms with van der Waals surface area (Å²) < 4.78 is 0. The predicted molar refractivity (Wildman–Crippen MR) is 89.4 cm³/mol. The number of amides is 1. The fourth-order valence-corrected chi connectivity index (χ4v) is 2.99. The number of allylic oxidation sites excluding steroid dienone is 2. The SMILES string of the molecule is CC1(C)CCC(=O)C=C1Nc1ccc(C2CCC(=O)NN2)cc1. The summed E-state index contributed by atoms with van der Waals surface area (Å²) in [7, 11) is 0. The monoisotopic (exact) mass is 313 g/mol. The first-order valence-corrected chi connectivity index (χ1v) is 8.10. The zero-order chi connectivity index (χ0) is 16.4. The Labute approximate surface area is 136 Å². The molecule has 2 aliphatic rings. The zero-order valence-corrected chi connectivity index (χ0v) is 13.6. The van der Waals surface area contributed by atoms with Gasteiger partial charge in [0, 0.05) is 35.7 Å². The Hall–Kier alpha value is -2.14. The first-order valence-electron chi connectivity index (χ1n) is 8.10. The highest BCUT2D eigenvalue weighted by molar-refractivity contribution is 5.92. The summed E-state index contributed by atoms with van der Waals surface area (Å²) >= 11 is 0. The highest BCUT2D eigenvalue weighted by Gasteiger charge is 2.29. The third-order valence-corrected chi connectivity index (χ3v) is 4.67. The van der Waals surface area contributed by atoms with E-state index in [0.717, 1.165) is 29.8 Å². The van der Waals surface area contributed by atoms with E-state index < -0.39 is 0 Å². The van der Waals surface area contributed by atoms with E-state index in [2.05, 4.69) is 42.1 Å². The zero-order valence-electron chi connectivity index (χ0n) is 13.6. The molecular weight excluding hydrogens is 290 g/mol. The van der Waals surface area contributed by atoms with Crippen LogP contribution in [0.5, 0.6) is 0 Å². The van der Waals surface area contributed by atoms with Crippen LogP contribution in [0.15, 0.2) is 36.0 Å². The first-order chi connectivity index (χ1) is 10.9. The molecule has 3 N–H and O–H groups in total. The molecule has 0 bridgehead atoms. The number of rotatable bonds is 3. The number of benzene rings is 1. The summed E-state index contributed by atoms with van der Waals surface area (Å²) in [6, 6.07) is 8.28. The van der Waals surface area contributed by atoms with Gasteiger partial charge in [0.25, 0.3) is 0 Å². The Balaban J connectivity index is 1.70. The fraction of sp³-hybridized carbons (Fsp3) is 0.444. The van der Waals surface area contributed by atoms with Gasteiger partial charge < -0.3 is 5.32 Å². The van der Waals surface area contributed by atoms with Gasteiger partial charge in [-0.1, -0.05) is 26.0 Å². The number of carbonyl (C=O) groups excluding carboxylic acids is 2. The van der Waals surface area contributed by atoms with Gasteiger partial charge in [-0.2, -0.15) is 0 Å². The van der Waals surface area contributed by atoms with E-state index in [0.29, 0.717) is 12.8 Å². The third-order valence-electron chi connectivity index (χ3n) is 4.67. The predicted octanol–water partition coefficient (Wildman–Crippen LogP) is 2.83. The minimum absolute atomic E-state index is 0.0121. The summed E-state index contributed by atoms with van der Waals surface area (Å²) in [5.41, 5.74) is 8.79. The Morgan fingerprint density at radius 3 is 2.52 bits per heavy atom. The third kappa shape index (κ3) is 3.62. The number of hydrazine groups is 1. The van der Waals surface area contributed by atoms with E-state index in [1.807, 2.05) is 12.1 Å². The molecule has 5 heteroatoms. The summed E-state index contributed by atoms with van der Waals surface area (Å²) in [5.74, 6) is 0.223. The van der Waals surface area contributed by atoms with Gasteiger partial charge in [-0.15, -0.1) is 0 Å². The quantitative estimate of drug-likeness (QED) is 0.802. The van der Waals surface area contributed by atoms with Gasteiger partial charge in [0.2, 0.25) is 5.91 Å². The number of nitrogens with one attached hydrogen (secondary N) is 3. The van der Waals surface area contributed by atoms with Crippen molar-refractivity contribution >= 4 is 17.4 Å². The second-order valence-corrected chi connectivity index (χ2v) is 6.94. The standard InChI is InChI=1S/C18H23N3O2/c1-18(2)10-9-14(22)11-16(18)19-13-5-3-12(4-6-13)15-7-8-17(23)21-20-15/h3-6,11,15,19-20H,7-10H2,1-2H3,(H,21,23). The molecule has 1 aliphatic carbocycles. The van der Waals surface area contributed by atoms with Crippen LogP contribution in [0.2, 0.25) is 0 Å². The first kappa shape index (κ1) is 15.7. The lowest BCUT2D eigenvalue weighted by Crippen LogP contribution is -2.44. The molecule has 0 aromatic heterocycles. The van der Waals surface area contributed by atoms with Crippen molar-refractivity contribution < 1.29 is 9.59 Å². The summed E-state index contributed by atoms with van der Waals surface area (Å²) in [4.78, 5) is 22.9. The van der Waals surface area contributed by atoms with Crippen molar-refractivity contribution in [3.8, 4) is 0 Å². The highest BCUT2D eigenvalue weighted by Crippen LogP contribution is 2.36. The average Bonchev–Trinajstić information content (AvgIpc) is 2.53. The Morgan fingerprint density at radius 2 is 1.87 bits per heavy atom. The maximum absolute atomic E-state index is 11.7. The van der Waals surface area contributed by atoms with E-state index in [1.165, 1.54) is 0 Å². The number of ketones is 1. The van der Waals surface area contributed by atoms with Crippen LogP contribution in [0.25, 0.3) is 0 Å². The average molecular weight is 313 g/mol. The Bertz CT molecular complexity index is 637. The molecule has 0 radical (unpaired) electrons. The molecule has 1 aromatic rings. The van der Waals surface area contributed by atoms with Crippen LogP contribution in [0.3, 0.4) is 0 Å². The largest absolute Gasteiger partial charge is 0.358 e. The Kier molecular flexibility index (Phi) is 4.22. The van der Waals surface area contributed by atoms with Crippen LogP contribution in [-0.2, 0) is 9.59 Å². The number of anilines is 1. The molecule has 1 aromatic carbocycles.